The first-order chi connectivity index (χ1) is 15.2. The minimum atomic E-state index is -3.16. The number of aryl methyl sites for hydroxylation is 1. The second kappa shape index (κ2) is 8.86. The van der Waals surface area contributed by atoms with E-state index in [0.717, 1.165) is 16.8 Å². The van der Waals surface area contributed by atoms with Gasteiger partial charge in [-0.15, -0.1) is 0 Å². The van der Waals surface area contributed by atoms with Gasteiger partial charge in [-0.3, -0.25) is 0 Å². The summed E-state index contributed by atoms with van der Waals surface area (Å²) in [4.78, 5) is 9.07. The minimum absolute atomic E-state index is 0.101. The topological polar surface area (TPSA) is 117 Å². The Balaban J connectivity index is 1.52. The maximum Gasteiger partial charge on any atom is 0.223 e. The largest absolute Gasteiger partial charge is 0.351 e. The van der Waals surface area contributed by atoms with Gasteiger partial charge >= 0.3 is 0 Å². The lowest BCUT2D eigenvalue weighted by Gasteiger charge is -2.30. The summed E-state index contributed by atoms with van der Waals surface area (Å²) in [6.45, 7) is 2.89. The average molecular weight is 472 g/mol. The maximum atomic E-state index is 11.7. The number of sulfonamides is 1. The highest BCUT2D eigenvalue weighted by atomic mass is 35.5. The van der Waals surface area contributed by atoms with E-state index in [1.165, 1.54) is 10.6 Å². The van der Waals surface area contributed by atoms with Crippen LogP contribution in [-0.4, -0.2) is 57.9 Å². The number of aromatic nitrogens is 4. The van der Waals surface area contributed by atoms with Gasteiger partial charge in [0, 0.05) is 37.1 Å². The normalized spacial score (nSPS) is 15.4. The molecule has 0 atom stereocenters. The van der Waals surface area contributed by atoms with Crippen molar-refractivity contribution in [3.63, 3.8) is 0 Å². The van der Waals surface area contributed by atoms with Gasteiger partial charge in [0.15, 0.2) is 0 Å². The Morgan fingerprint density at radius 1 is 1.25 bits per heavy atom. The van der Waals surface area contributed by atoms with Crippen LogP contribution in [0.3, 0.4) is 0 Å². The number of hydrogen-bond donors (Lipinski definition) is 1. The van der Waals surface area contributed by atoms with E-state index < -0.39 is 10.0 Å². The molecule has 4 rings (SSSR count). The van der Waals surface area contributed by atoms with Gasteiger partial charge in [-0.1, -0.05) is 11.6 Å². The second-order valence-corrected chi connectivity index (χ2v) is 10.1. The third kappa shape index (κ3) is 4.75. The van der Waals surface area contributed by atoms with Gasteiger partial charge in [0.1, 0.15) is 0 Å². The number of hydrogen-bond acceptors (Lipinski definition) is 7. The number of nitrogens with zero attached hydrogens (tertiary/aromatic N) is 6. The van der Waals surface area contributed by atoms with E-state index in [4.69, 9.17) is 16.9 Å². The summed E-state index contributed by atoms with van der Waals surface area (Å²) in [5.41, 5.74) is 3.59. The van der Waals surface area contributed by atoms with Gasteiger partial charge in [-0.2, -0.15) is 10.4 Å². The molecule has 2 aromatic heterocycles. The predicted octanol–water partition coefficient (Wildman–Crippen LogP) is 3.00. The van der Waals surface area contributed by atoms with Crippen molar-refractivity contribution in [3.8, 4) is 23.0 Å². The second-order valence-electron chi connectivity index (χ2n) is 7.76. The first kappa shape index (κ1) is 22.2. The molecule has 1 aliphatic rings. The van der Waals surface area contributed by atoms with E-state index in [1.807, 2.05) is 13.1 Å². The molecule has 3 aromatic rings. The van der Waals surface area contributed by atoms with Crippen LogP contribution in [0.25, 0.3) is 16.9 Å². The molecule has 0 aliphatic carbocycles. The SMILES string of the molecule is Cc1cnc(NC2CCN(S(C)(=O)=O)CC2)nc1-c1cnn(-c2ccc(C#N)cc2Cl)c1. The molecule has 1 fully saturated rings. The van der Waals surface area contributed by atoms with Crippen molar-refractivity contribution in [2.45, 2.75) is 25.8 Å². The molecule has 9 nitrogen and oxygen atoms in total. The van der Waals surface area contributed by atoms with Crippen molar-refractivity contribution in [1.82, 2.24) is 24.1 Å². The van der Waals surface area contributed by atoms with E-state index in [9.17, 15) is 8.42 Å². The van der Waals surface area contributed by atoms with Crippen LogP contribution in [0.1, 0.15) is 24.0 Å². The zero-order chi connectivity index (χ0) is 22.9. The Morgan fingerprint density at radius 3 is 2.66 bits per heavy atom. The van der Waals surface area contributed by atoms with Crippen molar-refractivity contribution >= 4 is 27.6 Å². The van der Waals surface area contributed by atoms with E-state index in [0.29, 0.717) is 48.2 Å². The number of nitrogens with one attached hydrogen (secondary N) is 1. The quantitative estimate of drug-likeness (QED) is 0.607. The molecule has 0 amide bonds. The Labute approximate surface area is 191 Å². The first-order valence-electron chi connectivity index (χ1n) is 10.0. The molecule has 0 spiro atoms. The van der Waals surface area contributed by atoms with E-state index in [-0.39, 0.29) is 6.04 Å². The number of piperidine rings is 1. The van der Waals surface area contributed by atoms with Crippen LogP contribution in [0, 0.1) is 18.3 Å². The standard InChI is InChI=1S/C21H22ClN7O2S/c1-14-11-24-21(26-17-5-7-28(8-6-17)32(2,30)31)27-20(14)16-12-25-29(13-16)19-4-3-15(10-23)9-18(19)22/h3-4,9,11-13,17H,5-8H2,1-2H3,(H,24,26,27). The third-order valence-electron chi connectivity index (χ3n) is 5.41. The summed E-state index contributed by atoms with van der Waals surface area (Å²) in [5, 5.41) is 17.2. The highest BCUT2D eigenvalue weighted by Gasteiger charge is 2.25. The smallest absolute Gasteiger partial charge is 0.223 e. The zero-order valence-electron chi connectivity index (χ0n) is 17.7. The zero-order valence-corrected chi connectivity index (χ0v) is 19.2. The fraction of sp³-hybridized carbons (Fsp3) is 0.333. The molecule has 1 saturated heterocycles. The molecule has 0 radical (unpaired) electrons. The van der Waals surface area contributed by atoms with E-state index in [2.05, 4.69) is 26.5 Å². The summed E-state index contributed by atoms with van der Waals surface area (Å²) >= 11 is 6.31. The molecule has 1 aliphatic heterocycles. The molecule has 1 N–H and O–H groups in total. The first-order valence-corrected chi connectivity index (χ1v) is 12.3. The highest BCUT2D eigenvalue weighted by molar-refractivity contribution is 7.88. The predicted molar refractivity (Wildman–Crippen MR) is 122 cm³/mol. The average Bonchev–Trinajstić information content (AvgIpc) is 3.24. The van der Waals surface area contributed by atoms with Gasteiger partial charge in [0.25, 0.3) is 0 Å². The van der Waals surface area contributed by atoms with Crippen LogP contribution in [-0.2, 0) is 10.0 Å². The number of anilines is 1. The minimum Gasteiger partial charge on any atom is -0.351 e. The fourth-order valence-electron chi connectivity index (χ4n) is 3.66. The Morgan fingerprint density at radius 2 is 2.00 bits per heavy atom. The number of halogens is 1. The van der Waals surface area contributed by atoms with Crippen LogP contribution in [0.2, 0.25) is 5.02 Å². The van der Waals surface area contributed by atoms with Gasteiger partial charge in [-0.05, 0) is 43.5 Å². The molecule has 0 bridgehead atoms. The molecular weight excluding hydrogens is 450 g/mol. The lowest BCUT2D eigenvalue weighted by molar-refractivity contribution is 0.331. The van der Waals surface area contributed by atoms with Crippen LogP contribution in [0.5, 0.6) is 0 Å². The van der Waals surface area contributed by atoms with Gasteiger partial charge < -0.3 is 5.32 Å². The molecule has 1 aromatic carbocycles. The summed E-state index contributed by atoms with van der Waals surface area (Å²) in [5.74, 6) is 0.493. The summed E-state index contributed by atoms with van der Waals surface area (Å²) in [7, 11) is -3.16. The fourth-order valence-corrected chi connectivity index (χ4v) is 4.80. The molecule has 32 heavy (non-hydrogen) atoms. The molecule has 0 unspecified atom stereocenters. The number of benzene rings is 1. The van der Waals surface area contributed by atoms with Crippen molar-refractivity contribution in [1.29, 1.82) is 5.26 Å². The lowest BCUT2D eigenvalue weighted by Crippen LogP contribution is -2.42. The Kier molecular flexibility index (Phi) is 6.15. The van der Waals surface area contributed by atoms with Gasteiger partial charge in [0.2, 0.25) is 16.0 Å². The van der Waals surface area contributed by atoms with Crippen LogP contribution < -0.4 is 5.32 Å². The summed E-state index contributed by atoms with van der Waals surface area (Å²) in [6, 6.07) is 7.21. The van der Waals surface area contributed by atoms with Crippen molar-refractivity contribution < 1.29 is 8.42 Å². The third-order valence-corrected chi connectivity index (χ3v) is 7.01. The highest BCUT2D eigenvalue weighted by Crippen LogP contribution is 2.26. The van der Waals surface area contributed by atoms with Gasteiger partial charge in [0.05, 0.1) is 40.5 Å². The van der Waals surface area contributed by atoms with Crippen LogP contribution >= 0.6 is 11.6 Å². The molecule has 0 saturated carbocycles. The molecule has 11 heteroatoms. The summed E-state index contributed by atoms with van der Waals surface area (Å²) in [6.07, 6.45) is 7.91. The molecule has 166 valence electrons. The maximum absolute atomic E-state index is 11.7. The number of rotatable bonds is 5. The van der Waals surface area contributed by atoms with Crippen LogP contribution in [0.4, 0.5) is 5.95 Å². The van der Waals surface area contributed by atoms with Crippen molar-refractivity contribution in [2.75, 3.05) is 24.7 Å². The monoisotopic (exact) mass is 471 g/mol. The Bertz CT molecular complexity index is 1290. The van der Waals surface area contributed by atoms with Gasteiger partial charge in [-0.25, -0.2) is 27.4 Å². The molecule has 3 heterocycles. The Hall–Kier alpha value is -3.00. The van der Waals surface area contributed by atoms with Crippen molar-refractivity contribution in [2.24, 2.45) is 0 Å². The molecular formula is C21H22ClN7O2S. The van der Waals surface area contributed by atoms with E-state index in [1.54, 1.807) is 35.3 Å². The number of nitriles is 1. The van der Waals surface area contributed by atoms with Crippen LogP contribution in [0.15, 0.2) is 36.8 Å². The summed E-state index contributed by atoms with van der Waals surface area (Å²) < 4.78 is 26.5. The van der Waals surface area contributed by atoms with Crippen molar-refractivity contribution in [3.05, 3.63) is 52.9 Å². The lowest BCUT2D eigenvalue weighted by atomic mass is 10.1. The van der Waals surface area contributed by atoms with E-state index >= 15 is 0 Å².